The van der Waals surface area contributed by atoms with Gasteiger partial charge in [-0.25, -0.2) is 17.2 Å². The number of rotatable bonds is 2. The van der Waals surface area contributed by atoms with Crippen LogP contribution in [0.4, 0.5) is 20.2 Å². The summed E-state index contributed by atoms with van der Waals surface area (Å²) >= 11 is 0. The van der Waals surface area contributed by atoms with Crippen LogP contribution in [0.2, 0.25) is 0 Å². The van der Waals surface area contributed by atoms with Gasteiger partial charge in [0.05, 0.1) is 11.4 Å². The quantitative estimate of drug-likeness (QED) is 0.825. The molecule has 100 valence electrons. The van der Waals surface area contributed by atoms with Crippen LogP contribution in [0.5, 0.6) is 0 Å². The Hall–Kier alpha value is -2.15. The molecule has 2 aromatic rings. The minimum Gasteiger partial charge on any atom is -0.398 e. The van der Waals surface area contributed by atoms with Crippen LogP contribution < -0.4 is 11.5 Å². The topological polar surface area (TPSA) is 86.2 Å². The lowest BCUT2D eigenvalue weighted by Crippen LogP contribution is -2.11. The maximum Gasteiger partial charge on any atom is 0.213 e. The van der Waals surface area contributed by atoms with E-state index in [0.717, 1.165) is 18.2 Å². The SMILES string of the molecule is Nc1cccc(N)c1S(=O)(=O)c1cccc(F)c1F. The lowest BCUT2D eigenvalue weighted by atomic mass is 10.3. The van der Waals surface area contributed by atoms with Crippen molar-refractivity contribution >= 4 is 21.2 Å². The van der Waals surface area contributed by atoms with Gasteiger partial charge in [0.25, 0.3) is 0 Å². The zero-order valence-electron chi connectivity index (χ0n) is 9.60. The largest absolute Gasteiger partial charge is 0.398 e. The van der Waals surface area contributed by atoms with Gasteiger partial charge in [0.1, 0.15) is 9.79 Å². The second kappa shape index (κ2) is 4.51. The Kier molecular flexibility index (Phi) is 3.15. The summed E-state index contributed by atoms with van der Waals surface area (Å²) in [6.45, 7) is 0. The van der Waals surface area contributed by atoms with Gasteiger partial charge in [0, 0.05) is 0 Å². The Morgan fingerprint density at radius 3 is 2.00 bits per heavy atom. The number of nitrogen functional groups attached to an aromatic ring is 2. The molecule has 2 rings (SSSR count). The van der Waals surface area contributed by atoms with E-state index in [2.05, 4.69) is 0 Å². The van der Waals surface area contributed by atoms with Gasteiger partial charge in [-0.2, -0.15) is 0 Å². The van der Waals surface area contributed by atoms with Crippen LogP contribution in [0.25, 0.3) is 0 Å². The highest BCUT2D eigenvalue weighted by atomic mass is 32.2. The van der Waals surface area contributed by atoms with Gasteiger partial charge in [-0.05, 0) is 24.3 Å². The molecule has 2 aromatic carbocycles. The molecule has 0 saturated heterocycles. The predicted molar refractivity (Wildman–Crippen MR) is 67.1 cm³/mol. The number of anilines is 2. The highest BCUT2D eigenvalue weighted by Crippen LogP contribution is 2.32. The third-order valence-electron chi connectivity index (χ3n) is 2.55. The third-order valence-corrected chi connectivity index (χ3v) is 4.45. The summed E-state index contributed by atoms with van der Waals surface area (Å²) in [7, 11) is -4.32. The highest BCUT2D eigenvalue weighted by Gasteiger charge is 2.27. The standard InChI is InChI=1S/C12H10F2N2O2S/c13-7-3-1-6-10(11(7)14)19(17,18)12-8(15)4-2-5-9(12)16/h1-6H,15-16H2. The second-order valence-corrected chi connectivity index (χ2v) is 5.68. The molecule has 0 fully saturated rings. The maximum absolute atomic E-state index is 13.6. The summed E-state index contributed by atoms with van der Waals surface area (Å²) in [5, 5.41) is 0. The average molecular weight is 284 g/mol. The molecule has 0 radical (unpaired) electrons. The van der Waals surface area contributed by atoms with Gasteiger partial charge in [-0.3, -0.25) is 0 Å². The van der Waals surface area contributed by atoms with Crippen LogP contribution >= 0.6 is 0 Å². The normalized spacial score (nSPS) is 11.5. The maximum atomic E-state index is 13.6. The number of benzene rings is 2. The molecular formula is C12H10F2N2O2S. The van der Waals surface area contributed by atoms with E-state index in [1.54, 1.807) is 0 Å². The number of halogens is 2. The van der Waals surface area contributed by atoms with E-state index < -0.39 is 31.3 Å². The van der Waals surface area contributed by atoms with E-state index in [1.165, 1.54) is 18.2 Å². The first-order valence-electron chi connectivity index (χ1n) is 5.18. The first kappa shape index (κ1) is 13.3. The molecular weight excluding hydrogens is 274 g/mol. The first-order valence-corrected chi connectivity index (χ1v) is 6.67. The van der Waals surface area contributed by atoms with Crippen molar-refractivity contribution in [3.63, 3.8) is 0 Å². The fourth-order valence-electron chi connectivity index (χ4n) is 1.69. The Labute approximate surface area is 108 Å². The third kappa shape index (κ3) is 2.12. The van der Waals surface area contributed by atoms with Crippen LogP contribution in [0.15, 0.2) is 46.2 Å². The molecule has 0 spiro atoms. The van der Waals surface area contributed by atoms with Gasteiger partial charge in [-0.15, -0.1) is 0 Å². The summed E-state index contributed by atoms with van der Waals surface area (Å²) in [5.74, 6) is -2.71. The monoisotopic (exact) mass is 284 g/mol. The fraction of sp³-hybridized carbons (Fsp3) is 0. The molecule has 0 aromatic heterocycles. The zero-order chi connectivity index (χ0) is 14.2. The van der Waals surface area contributed by atoms with Crippen LogP contribution in [0.3, 0.4) is 0 Å². The summed E-state index contributed by atoms with van der Waals surface area (Å²) in [6.07, 6.45) is 0. The smallest absolute Gasteiger partial charge is 0.213 e. The summed E-state index contributed by atoms with van der Waals surface area (Å²) < 4.78 is 51.3. The predicted octanol–water partition coefficient (Wildman–Crippen LogP) is 1.96. The van der Waals surface area contributed by atoms with Gasteiger partial charge in [0.15, 0.2) is 11.6 Å². The van der Waals surface area contributed by atoms with Crippen molar-refractivity contribution in [1.82, 2.24) is 0 Å². The molecule has 0 aliphatic carbocycles. The summed E-state index contributed by atoms with van der Waals surface area (Å²) in [6, 6.07) is 6.98. The molecule has 4 N–H and O–H groups in total. The summed E-state index contributed by atoms with van der Waals surface area (Å²) in [5.41, 5.74) is 10.9. The van der Waals surface area contributed by atoms with Crippen LogP contribution in [0, 0.1) is 11.6 Å². The van der Waals surface area contributed by atoms with Crippen molar-refractivity contribution in [2.75, 3.05) is 11.5 Å². The molecule has 0 bridgehead atoms. The van der Waals surface area contributed by atoms with Crippen LogP contribution in [0.1, 0.15) is 0 Å². The number of sulfone groups is 1. The number of hydrogen-bond donors (Lipinski definition) is 2. The Balaban J connectivity index is 2.77. The number of nitrogens with two attached hydrogens (primary N) is 2. The molecule has 0 saturated carbocycles. The van der Waals surface area contributed by atoms with E-state index in [1.807, 2.05) is 0 Å². The average Bonchev–Trinajstić information content (AvgIpc) is 2.32. The van der Waals surface area contributed by atoms with Crippen molar-refractivity contribution in [2.45, 2.75) is 9.79 Å². The molecule has 0 amide bonds. The van der Waals surface area contributed by atoms with E-state index in [4.69, 9.17) is 11.5 Å². The van der Waals surface area contributed by atoms with Gasteiger partial charge in [-0.1, -0.05) is 12.1 Å². The molecule has 0 aliphatic rings. The molecule has 0 unspecified atom stereocenters. The molecule has 7 heteroatoms. The van der Waals surface area contributed by atoms with Crippen molar-refractivity contribution in [3.05, 3.63) is 48.0 Å². The highest BCUT2D eigenvalue weighted by molar-refractivity contribution is 7.91. The van der Waals surface area contributed by atoms with E-state index in [0.29, 0.717) is 0 Å². The number of hydrogen-bond acceptors (Lipinski definition) is 4. The minimum atomic E-state index is -4.32. The van der Waals surface area contributed by atoms with Crippen molar-refractivity contribution < 1.29 is 17.2 Å². The first-order chi connectivity index (χ1) is 8.85. The van der Waals surface area contributed by atoms with E-state index in [9.17, 15) is 17.2 Å². The van der Waals surface area contributed by atoms with Crippen molar-refractivity contribution in [2.24, 2.45) is 0 Å². The lowest BCUT2D eigenvalue weighted by Gasteiger charge is -2.11. The van der Waals surface area contributed by atoms with Gasteiger partial charge >= 0.3 is 0 Å². The molecule has 0 heterocycles. The zero-order valence-corrected chi connectivity index (χ0v) is 10.4. The van der Waals surface area contributed by atoms with Crippen LogP contribution in [-0.2, 0) is 9.84 Å². The van der Waals surface area contributed by atoms with E-state index >= 15 is 0 Å². The molecule has 4 nitrogen and oxygen atoms in total. The Bertz CT molecular complexity index is 725. The van der Waals surface area contributed by atoms with E-state index in [-0.39, 0.29) is 11.4 Å². The molecule has 0 aliphatic heterocycles. The molecule has 19 heavy (non-hydrogen) atoms. The summed E-state index contributed by atoms with van der Waals surface area (Å²) in [4.78, 5) is -1.21. The van der Waals surface area contributed by atoms with Gasteiger partial charge in [0.2, 0.25) is 9.84 Å². The minimum absolute atomic E-state index is 0.122. The molecule has 0 atom stereocenters. The second-order valence-electron chi connectivity index (χ2n) is 3.82. The Morgan fingerprint density at radius 2 is 1.42 bits per heavy atom. The Morgan fingerprint density at radius 1 is 0.895 bits per heavy atom. The fourth-order valence-corrected chi connectivity index (χ4v) is 3.25. The van der Waals surface area contributed by atoms with Crippen molar-refractivity contribution in [1.29, 1.82) is 0 Å². The van der Waals surface area contributed by atoms with Crippen molar-refractivity contribution in [3.8, 4) is 0 Å². The van der Waals surface area contributed by atoms with Crippen LogP contribution in [-0.4, -0.2) is 8.42 Å². The lowest BCUT2D eigenvalue weighted by molar-refractivity contribution is 0.485. The van der Waals surface area contributed by atoms with Gasteiger partial charge < -0.3 is 11.5 Å².